The number of carbonyl (C=O) groups is 1. The van der Waals surface area contributed by atoms with E-state index < -0.39 is 0 Å². The lowest BCUT2D eigenvalue weighted by atomic mass is 10.1. The summed E-state index contributed by atoms with van der Waals surface area (Å²) < 4.78 is 11.3. The first-order valence-electron chi connectivity index (χ1n) is 8.50. The van der Waals surface area contributed by atoms with Crippen LogP contribution in [0, 0.1) is 0 Å². The third-order valence-corrected chi connectivity index (χ3v) is 4.07. The largest absolute Gasteiger partial charge is 0.378 e. The second kappa shape index (κ2) is 12.3. The van der Waals surface area contributed by atoms with Crippen molar-refractivity contribution in [2.45, 2.75) is 38.4 Å². The highest BCUT2D eigenvalue weighted by atomic mass is 35.5. The third-order valence-electron chi connectivity index (χ3n) is 4.07. The van der Waals surface area contributed by atoms with E-state index in [0.29, 0.717) is 26.2 Å². The van der Waals surface area contributed by atoms with Gasteiger partial charge in [0, 0.05) is 19.7 Å². The van der Waals surface area contributed by atoms with Crippen molar-refractivity contribution >= 4 is 18.3 Å². The van der Waals surface area contributed by atoms with E-state index in [0.717, 1.165) is 44.5 Å². The number of benzene rings is 1. The van der Waals surface area contributed by atoms with Crippen LogP contribution in [0.4, 0.5) is 0 Å². The lowest BCUT2D eigenvalue weighted by molar-refractivity contribution is -0.135. The fourth-order valence-electron chi connectivity index (χ4n) is 2.69. The molecule has 1 amide bonds. The lowest BCUT2D eigenvalue weighted by Crippen LogP contribution is -2.41. The van der Waals surface area contributed by atoms with E-state index in [2.05, 4.69) is 0 Å². The Bertz CT molecular complexity index is 451. The molecule has 1 aliphatic heterocycles. The summed E-state index contributed by atoms with van der Waals surface area (Å²) in [7, 11) is 0. The van der Waals surface area contributed by atoms with Crippen molar-refractivity contribution < 1.29 is 14.3 Å². The quantitative estimate of drug-likeness (QED) is 0.690. The highest BCUT2D eigenvalue weighted by Crippen LogP contribution is 2.15. The Morgan fingerprint density at radius 1 is 1.17 bits per heavy atom. The van der Waals surface area contributed by atoms with Crippen LogP contribution in [0.1, 0.15) is 31.2 Å². The number of rotatable bonds is 9. The zero-order chi connectivity index (χ0) is 16.3. The molecule has 0 atom stereocenters. The first kappa shape index (κ1) is 20.9. The van der Waals surface area contributed by atoms with Crippen molar-refractivity contribution in [3.05, 3.63) is 35.9 Å². The Morgan fingerprint density at radius 2 is 1.88 bits per heavy atom. The molecule has 136 valence electrons. The molecule has 6 heteroatoms. The van der Waals surface area contributed by atoms with E-state index in [1.807, 2.05) is 35.2 Å². The maximum Gasteiger partial charge on any atom is 0.224 e. The number of likely N-dealkylation sites (tertiary alicyclic amines) is 1. The molecule has 0 radical (unpaired) electrons. The average Bonchev–Trinajstić information content (AvgIpc) is 2.60. The van der Waals surface area contributed by atoms with E-state index in [1.54, 1.807) is 0 Å². The Morgan fingerprint density at radius 3 is 2.54 bits per heavy atom. The Hall–Kier alpha value is -1.14. The number of hydrogen-bond donors (Lipinski definition) is 1. The lowest BCUT2D eigenvalue weighted by Gasteiger charge is -2.32. The molecule has 0 unspecified atom stereocenters. The van der Waals surface area contributed by atoms with Gasteiger partial charge < -0.3 is 20.1 Å². The summed E-state index contributed by atoms with van der Waals surface area (Å²) in [6.07, 6.45) is 3.46. The van der Waals surface area contributed by atoms with Crippen LogP contribution in [0.25, 0.3) is 0 Å². The summed E-state index contributed by atoms with van der Waals surface area (Å²) in [5.41, 5.74) is 6.59. The van der Waals surface area contributed by atoms with Crippen molar-refractivity contribution in [1.82, 2.24) is 4.90 Å². The maximum absolute atomic E-state index is 12.2. The topological polar surface area (TPSA) is 64.8 Å². The highest BCUT2D eigenvalue weighted by Gasteiger charge is 2.22. The van der Waals surface area contributed by atoms with Crippen molar-refractivity contribution in [2.24, 2.45) is 5.73 Å². The third kappa shape index (κ3) is 7.62. The van der Waals surface area contributed by atoms with Gasteiger partial charge in [-0.3, -0.25) is 4.79 Å². The SMILES string of the molecule is Cl.NCCCOC1CCN(C(=O)CCOCc2ccccc2)CC1. The second-order valence-corrected chi connectivity index (χ2v) is 5.88. The standard InChI is InChI=1S/C18H28N2O3.ClH/c19-10-4-13-23-17-7-11-20(12-8-17)18(21)9-14-22-15-16-5-2-1-3-6-16;/h1-3,5-6,17H,4,7-15,19H2;1H. The van der Waals surface area contributed by atoms with Crippen molar-refractivity contribution in [3.63, 3.8) is 0 Å². The van der Waals surface area contributed by atoms with E-state index in [9.17, 15) is 4.79 Å². The fraction of sp³-hybridized carbons (Fsp3) is 0.611. The molecule has 0 saturated carbocycles. The Balaban J connectivity index is 0.00000288. The molecular weight excluding hydrogens is 328 g/mol. The number of nitrogens with zero attached hydrogens (tertiary/aromatic N) is 1. The predicted octanol–water partition coefficient (Wildman–Crippen LogP) is 2.37. The van der Waals surface area contributed by atoms with Gasteiger partial charge in [-0.2, -0.15) is 0 Å². The molecule has 1 aromatic carbocycles. The van der Waals surface area contributed by atoms with E-state index >= 15 is 0 Å². The van der Waals surface area contributed by atoms with Crippen molar-refractivity contribution in [3.8, 4) is 0 Å². The summed E-state index contributed by atoms with van der Waals surface area (Å²) in [4.78, 5) is 14.1. The van der Waals surface area contributed by atoms with E-state index in [-0.39, 0.29) is 24.4 Å². The molecule has 0 spiro atoms. The van der Waals surface area contributed by atoms with Crippen LogP contribution in [0.3, 0.4) is 0 Å². The molecule has 0 aromatic heterocycles. The van der Waals surface area contributed by atoms with Crippen LogP contribution in [0.15, 0.2) is 30.3 Å². The van der Waals surface area contributed by atoms with Crippen LogP contribution in [0.2, 0.25) is 0 Å². The maximum atomic E-state index is 12.2. The smallest absolute Gasteiger partial charge is 0.224 e. The number of halogens is 1. The summed E-state index contributed by atoms with van der Waals surface area (Å²) in [6, 6.07) is 10.0. The van der Waals surface area contributed by atoms with Gasteiger partial charge in [0.05, 0.1) is 25.7 Å². The van der Waals surface area contributed by atoms with Gasteiger partial charge in [-0.1, -0.05) is 30.3 Å². The number of nitrogens with two attached hydrogens (primary N) is 1. The fourth-order valence-corrected chi connectivity index (χ4v) is 2.69. The summed E-state index contributed by atoms with van der Waals surface area (Å²) in [5, 5.41) is 0. The van der Waals surface area contributed by atoms with E-state index in [4.69, 9.17) is 15.2 Å². The first-order chi connectivity index (χ1) is 11.3. The normalized spacial score (nSPS) is 15.1. The molecule has 2 rings (SSSR count). The molecule has 0 bridgehead atoms. The molecule has 1 heterocycles. The van der Waals surface area contributed by atoms with Crippen LogP contribution >= 0.6 is 12.4 Å². The molecular formula is C18H29ClN2O3. The van der Waals surface area contributed by atoms with Gasteiger partial charge in [0.25, 0.3) is 0 Å². The molecule has 1 fully saturated rings. The minimum Gasteiger partial charge on any atom is -0.378 e. The highest BCUT2D eigenvalue weighted by molar-refractivity contribution is 5.85. The number of hydrogen-bond acceptors (Lipinski definition) is 4. The van der Waals surface area contributed by atoms with Gasteiger partial charge in [0.15, 0.2) is 0 Å². The van der Waals surface area contributed by atoms with Crippen molar-refractivity contribution in [1.29, 1.82) is 0 Å². The monoisotopic (exact) mass is 356 g/mol. The molecule has 1 saturated heterocycles. The molecule has 2 N–H and O–H groups in total. The van der Waals surface area contributed by atoms with Crippen LogP contribution < -0.4 is 5.73 Å². The summed E-state index contributed by atoms with van der Waals surface area (Å²) in [5.74, 6) is 0.179. The molecule has 1 aromatic rings. The van der Waals surface area contributed by atoms with E-state index in [1.165, 1.54) is 0 Å². The number of ether oxygens (including phenoxy) is 2. The second-order valence-electron chi connectivity index (χ2n) is 5.88. The first-order valence-corrected chi connectivity index (χ1v) is 8.50. The Labute approximate surface area is 150 Å². The van der Waals surface area contributed by atoms with Crippen molar-refractivity contribution in [2.75, 3.05) is 32.8 Å². The van der Waals surface area contributed by atoms with Gasteiger partial charge in [0.2, 0.25) is 5.91 Å². The zero-order valence-corrected chi connectivity index (χ0v) is 15.0. The number of piperidine rings is 1. The Kier molecular flexibility index (Phi) is 10.7. The van der Waals surface area contributed by atoms with Crippen LogP contribution in [-0.2, 0) is 20.9 Å². The van der Waals surface area contributed by atoms with Gasteiger partial charge in [-0.25, -0.2) is 0 Å². The van der Waals surface area contributed by atoms with Gasteiger partial charge >= 0.3 is 0 Å². The molecule has 5 nitrogen and oxygen atoms in total. The van der Waals surface area contributed by atoms with Gasteiger partial charge in [0.1, 0.15) is 0 Å². The van der Waals surface area contributed by atoms with Crippen LogP contribution in [0.5, 0.6) is 0 Å². The minimum absolute atomic E-state index is 0. The number of carbonyl (C=O) groups excluding carboxylic acids is 1. The molecule has 1 aliphatic rings. The average molecular weight is 357 g/mol. The van der Waals surface area contributed by atoms with Gasteiger partial charge in [-0.15, -0.1) is 12.4 Å². The molecule has 0 aliphatic carbocycles. The predicted molar refractivity (Wildman–Crippen MR) is 97.2 cm³/mol. The van der Waals surface area contributed by atoms with Crippen LogP contribution in [-0.4, -0.2) is 49.8 Å². The van der Waals surface area contributed by atoms with Gasteiger partial charge in [-0.05, 0) is 31.4 Å². The molecule has 24 heavy (non-hydrogen) atoms. The zero-order valence-electron chi connectivity index (χ0n) is 14.2. The minimum atomic E-state index is 0. The summed E-state index contributed by atoms with van der Waals surface area (Å²) in [6.45, 7) is 3.99. The summed E-state index contributed by atoms with van der Waals surface area (Å²) >= 11 is 0. The number of amides is 1.